The zero-order chi connectivity index (χ0) is 17.9. The fraction of sp³-hybridized carbons (Fsp3) is 0.368. The highest BCUT2D eigenvalue weighted by molar-refractivity contribution is 5.76. The maximum atomic E-state index is 12.9. The van der Waals surface area contributed by atoms with Crippen LogP contribution in [0, 0.1) is 0 Å². The van der Waals surface area contributed by atoms with Crippen molar-refractivity contribution in [2.24, 2.45) is 0 Å². The molecule has 4 nitrogen and oxygen atoms in total. The van der Waals surface area contributed by atoms with Gasteiger partial charge >= 0.3 is 6.18 Å². The van der Waals surface area contributed by atoms with Gasteiger partial charge in [-0.2, -0.15) is 13.2 Å². The summed E-state index contributed by atoms with van der Waals surface area (Å²) in [5.41, 5.74) is 1.44. The van der Waals surface area contributed by atoms with Gasteiger partial charge in [0.15, 0.2) is 0 Å². The lowest BCUT2D eigenvalue weighted by atomic mass is 10.1. The first-order valence-electron chi connectivity index (χ1n) is 8.76. The third-order valence-electron chi connectivity index (χ3n) is 5.19. The molecular formula is C19H17F3N4. The molecule has 26 heavy (non-hydrogen) atoms. The molecule has 0 N–H and O–H groups in total. The van der Waals surface area contributed by atoms with Crippen LogP contribution in [0.3, 0.4) is 0 Å². The Labute approximate surface area is 148 Å². The van der Waals surface area contributed by atoms with E-state index in [2.05, 4.69) is 15.6 Å². The van der Waals surface area contributed by atoms with E-state index in [-0.39, 0.29) is 6.04 Å². The van der Waals surface area contributed by atoms with E-state index in [1.54, 1.807) is 0 Å². The topological polar surface area (TPSA) is 34.0 Å². The van der Waals surface area contributed by atoms with E-state index in [4.69, 9.17) is 4.98 Å². The standard InChI is InChI=1S/C19H17F3N4/c20-19(21,22)13-7-8-23-17(9-13)25-10-14(11-25)26-16-4-2-1-3-15(16)24-18(26)12-5-6-12/h1-4,7-9,12,14H,5-6,10-11H2. The molecule has 0 bridgehead atoms. The average molecular weight is 358 g/mol. The van der Waals surface area contributed by atoms with Crippen LogP contribution in [0.15, 0.2) is 42.6 Å². The minimum Gasteiger partial charge on any atom is -0.352 e. The van der Waals surface area contributed by atoms with Crippen molar-refractivity contribution in [2.75, 3.05) is 18.0 Å². The van der Waals surface area contributed by atoms with Crippen LogP contribution in [0.25, 0.3) is 11.0 Å². The molecule has 1 aliphatic carbocycles. The summed E-state index contributed by atoms with van der Waals surface area (Å²) in [6.45, 7) is 1.29. The molecule has 0 atom stereocenters. The molecule has 2 fully saturated rings. The number of imidazole rings is 1. The van der Waals surface area contributed by atoms with Crippen molar-refractivity contribution in [2.45, 2.75) is 31.0 Å². The third kappa shape index (κ3) is 2.53. The van der Waals surface area contributed by atoms with Crippen LogP contribution in [0.5, 0.6) is 0 Å². The smallest absolute Gasteiger partial charge is 0.352 e. The van der Waals surface area contributed by atoms with Gasteiger partial charge in [0.05, 0.1) is 22.6 Å². The number of nitrogens with zero attached hydrogens (tertiary/aromatic N) is 4. The first-order valence-corrected chi connectivity index (χ1v) is 8.76. The van der Waals surface area contributed by atoms with Crippen LogP contribution in [0.1, 0.15) is 36.2 Å². The van der Waals surface area contributed by atoms with Crippen molar-refractivity contribution in [1.82, 2.24) is 14.5 Å². The van der Waals surface area contributed by atoms with Crippen LogP contribution in [-0.4, -0.2) is 27.6 Å². The lowest BCUT2D eigenvalue weighted by Crippen LogP contribution is -2.48. The van der Waals surface area contributed by atoms with Crippen molar-refractivity contribution in [3.05, 3.63) is 54.0 Å². The minimum atomic E-state index is -4.35. The molecule has 1 aromatic carbocycles. The van der Waals surface area contributed by atoms with Gasteiger partial charge in [-0.05, 0) is 37.1 Å². The van der Waals surface area contributed by atoms with Gasteiger partial charge < -0.3 is 9.47 Å². The average Bonchev–Trinajstić information content (AvgIpc) is 3.35. The number of rotatable bonds is 3. The van der Waals surface area contributed by atoms with Gasteiger partial charge in [0.2, 0.25) is 0 Å². The molecule has 1 saturated heterocycles. The molecule has 3 aromatic rings. The Kier molecular flexibility index (Phi) is 3.29. The SMILES string of the molecule is FC(F)(F)c1ccnc(N2CC(n3c(C4CC4)nc4ccccc43)C2)c1. The predicted octanol–water partition coefficient (Wildman–Crippen LogP) is 4.39. The molecule has 5 rings (SSSR count). The highest BCUT2D eigenvalue weighted by Crippen LogP contribution is 2.43. The number of para-hydroxylation sites is 2. The molecule has 134 valence electrons. The molecular weight excluding hydrogens is 341 g/mol. The number of pyridine rings is 1. The van der Waals surface area contributed by atoms with E-state index in [0.29, 0.717) is 24.8 Å². The van der Waals surface area contributed by atoms with E-state index >= 15 is 0 Å². The van der Waals surface area contributed by atoms with Gasteiger partial charge in [-0.1, -0.05) is 12.1 Å². The maximum absolute atomic E-state index is 12.9. The number of anilines is 1. The fourth-order valence-corrected chi connectivity index (χ4v) is 3.65. The van der Waals surface area contributed by atoms with E-state index in [9.17, 15) is 13.2 Å². The fourth-order valence-electron chi connectivity index (χ4n) is 3.65. The summed E-state index contributed by atoms with van der Waals surface area (Å²) in [6.07, 6.45) is -0.792. The summed E-state index contributed by atoms with van der Waals surface area (Å²) < 4.78 is 41.0. The number of alkyl halides is 3. The Morgan fingerprint density at radius 2 is 1.81 bits per heavy atom. The molecule has 2 aromatic heterocycles. The highest BCUT2D eigenvalue weighted by Gasteiger charge is 2.37. The van der Waals surface area contributed by atoms with Gasteiger partial charge in [0, 0.05) is 25.2 Å². The van der Waals surface area contributed by atoms with Crippen molar-refractivity contribution in [3.8, 4) is 0 Å². The summed E-state index contributed by atoms with van der Waals surface area (Å²) in [6, 6.07) is 10.4. The number of benzene rings is 1. The van der Waals surface area contributed by atoms with E-state index < -0.39 is 11.7 Å². The summed E-state index contributed by atoms with van der Waals surface area (Å²) in [5.74, 6) is 2.02. The second kappa shape index (κ2) is 5.46. The lowest BCUT2D eigenvalue weighted by Gasteiger charge is -2.41. The van der Waals surface area contributed by atoms with Gasteiger partial charge in [0.1, 0.15) is 11.6 Å². The third-order valence-corrected chi connectivity index (χ3v) is 5.19. The van der Waals surface area contributed by atoms with Crippen LogP contribution in [0.4, 0.5) is 19.0 Å². The molecule has 0 radical (unpaired) electrons. The first kappa shape index (κ1) is 15.7. The van der Waals surface area contributed by atoms with Crippen molar-refractivity contribution in [1.29, 1.82) is 0 Å². The molecule has 0 spiro atoms. The summed E-state index contributed by atoms with van der Waals surface area (Å²) in [7, 11) is 0. The molecule has 7 heteroatoms. The molecule has 3 heterocycles. The van der Waals surface area contributed by atoms with Crippen LogP contribution >= 0.6 is 0 Å². The normalized spacial score (nSPS) is 18.3. The van der Waals surface area contributed by atoms with Gasteiger partial charge in [0.25, 0.3) is 0 Å². The molecule has 0 unspecified atom stereocenters. The Hall–Kier alpha value is -2.57. The highest BCUT2D eigenvalue weighted by atomic mass is 19.4. The Morgan fingerprint density at radius 1 is 1.04 bits per heavy atom. The number of halogens is 3. The predicted molar refractivity (Wildman–Crippen MR) is 92.2 cm³/mol. The zero-order valence-corrected chi connectivity index (χ0v) is 13.9. The van der Waals surface area contributed by atoms with Crippen molar-refractivity contribution in [3.63, 3.8) is 0 Å². The minimum absolute atomic E-state index is 0.217. The number of fused-ring (bicyclic) bond motifs is 1. The second-order valence-corrected chi connectivity index (χ2v) is 7.06. The lowest BCUT2D eigenvalue weighted by molar-refractivity contribution is -0.137. The van der Waals surface area contributed by atoms with Gasteiger partial charge in [-0.25, -0.2) is 9.97 Å². The molecule has 2 aliphatic rings. The van der Waals surface area contributed by atoms with Crippen molar-refractivity contribution < 1.29 is 13.2 Å². The maximum Gasteiger partial charge on any atom is 0.416 e. The van der Waals surface area contributed by atoms with Crippen molar-refractivity contribution >= 4 is 16.9 Å². The monoisotopic (exact) mass is 358 g/mol. The van der Waals surface area contributed by atoms with E-state index in [0.717, 1.165) is 41.8 Å². The summed E-state index contributed by atoms with van der Waals surface area (Å²) >= 11 is 0. The van der Waals surface area contributed by atoms with Gasteiger partial charge in [-0.15, -0.1) is 0 Å². The summed E-state index contributed by atoms with van der Waals surface area (Å²) in [5, 5.41) is 0. The first-order chi connectivity index (χ1) is 12.5. The largest absolute Gasteiger partial charge is 0.416 e. The molecule has 0 amide bonds. The van der Waals surface area contributed by atoms with E-state index in [1.807, 2.05) is 23.1 Å². The summed E-state index contributed by atoms with van der Waals surface area (Å²) in [4.78, 5) is 10.8. The van der Waals surface area contributed by atoms with E-state index in [1.165, 1.54) is 6.20 Å². The molecule has 1 aliphatic heterocycles. The van der Waals surface area contributed by atoms with Crippen LogP contribution < -0.4 is 4.90 Å². The second-order valence-electron chi connectivity index (χ2n) is 7.06. The Morgan fingerprint density at radius 3 is 2.54 bits per heavy atom. The quantitative estimate of drug-likeness (QED) is 0.696. The van der Waals surface area contributed by atoms with Crippen LogP contribution in [-0.2, 0) is 6.18 Å². The number of aromatic nitrogens is 3. The Balaban J connectivity index is 1.42. The zero-order valence-electron chi connectivity index (χ0n) is 13.9. The van der Waals surface area contributed by atoms with Crippen LogP contribution in [0.2, 0.25) is 0 Å². The van der Waals surface area contributed by atoms with Gasteiger partial charge in [-0.3, -0.25) is 0 Å². The number of hydrogen-bond acceptors (Lipinski definition) is 3. The Bertz CT molecular complexity index is 968. The molecule has 1 saturated carbocycles. The number of hydrogen-bond donors (Lipinski definition) is 0.